The van der Waals surface area contributed by atoms with Crippen LogP contribution in [0.15, 0.2) is 60.4 Å². The van der Waals surface area contributed by atoms with Gasteiger partial charge in [-0.25, -0.2) is 0 Å². The van der Waals surface area contributed by atoms with Gasteiger partial charge < -0.3 is 4.74 Å². The molecule has 3 nitrogen and oxygen atoms in total. The molecule has 0 amide bonds. The molecule has 1 aromatic carbocycles. The van der Waals surface area contributed by atoms with Crippen LogP contribution in [0.25, 0.3) is 0 Å². The van der Waals surface area contributed by atoms with E-state index in [1.54, 1.807) is 72.0 Å². The summed E-state index contributed by atoms with van der Waals surface area (Å²) in [7, 11) is 0. The molecular weight excluding hydrogens is 367 g/mol. The molecular formula is C16H15IO3. The molecule has 0 unspecified atom stereocenters. The summed E-state index contributed by atoms with van der Waals surface area (Å²) < 4.78 is 5.45. The van der Waals surface area contributed by atoms with E-state index in [4.69, 9.17) is 4.74 Å². The molecule has 0 aliphatic rings. The number of carbonyl (C=O) groups is 2. The zero-order valence-corrected chi connectivity index (χ0v) is 13.5. The Kier molecular flexibility index (Phi) is 6.38. The summed E-state index contributed by atoms with van der Waals surface area (Å²) in [6.45, 7) is 7.06. The SMILES string of the molecule is C=C(/C=C\C(=C/C)C(=O)I)Oc1ccc(C(C)=O)cc1. The van der Waals surface area contributed by atoms with Crippen molar-refractivity contribution in [3.8, 4) is 5.75 Å². The molecule has 0 saturated carbocycles. The Morgan fingerprint density at radius 2 is 1.80 bits per heavy atom. The van der Waals surface area contributed by atoms with Crippen LogP contribution >= 0.6 is 22.6 Å². The van der Waals surface area contributed by atoms with Crippen molar-refractivity contribution >= 4 is 32.2 Å². The predicted molar refractivity (Wildman–Crippen MR) is 88.1 cm³/mol. The first-order valence-corrected chi connectivity index (χ1v) is 7.04. The number of carbonyl (C=O) groups excluding carboxylic acids is 2. The van der Waals surface area contributed by atoms with Crippen molar-refractivity contribution in [2.45, 2.75) is 13.8 Å². The molecule has 0 heterocycles. The first-order chi connectivity index (χ1) is 9.43. The highest BCUT2D eigenvalue weighted by Crippen LogP contribution is 2.16. The average Bonchev–Trinajstić information content (AvgIpc) is 2.39. The van der Waals surface area contributed by atoms with Crippen LogP contribution in [0, 0.1) is 0 Å². The Balaban J connectivity index is 2.69. The van der Waals surface area contributed by atoms with Gasteiger partial charge in [-0.15, -0.1) is 0 Å². The van der Waals surface area contributed by atoms with E-state index in [9.17, 15) is 9.59 Å². The van der Waals surface area contributed by atoms with E-state index in [-0.39, 0.29) is 9.57 Å². The van der Waals surface area contributed by atoms with E-state index in [2.05, 4.69) is 6.58 Å². The fourth-order valence-corrected chi connectivity index (χ4v) is 1.89. The predicted octanol–water partition coefficient (Wildman–Crippen LogP) is 4.25. The van der Waals surface area contributed by atoms with Crippen molar-refractivity contribution in [2.75, 3.05) is 0 Å². The molecule has 0 atom stereocenters. The molecule has 0 aliphatic carbocycles. The second kappa shape index (κ2) is 7.79. The van der Waals surface area contributed by atoms with Crippen molar-refractivity contribution < 1.29 is 14.3 Å². The largest absolute Gasteiger partial charge is 0.458 e. The van der Waals surface area contributed by atoms with Gasteiger partial charge in [0.15, 0.2) is 5.78 Å². The summed E-state index contributed by atoms with van der Waals surface area (Å²) in [5.41, 5.74) is 1.22. The first kappa shape index (κ1) is 16.4. The van der Waals surface area contributed by atoms with Crippen LogP contribution in [-0.2, 0) is 4.79 Å². The first-order valence-electron chi connectivity index (χ1n) is 5.96. The number of ketones is 1. The van der Waals surface area contributed by atoms with Crippen molar-refractivity contribution in [1.29, 1.82) is 0 Å². The lowest BCUT2D eigenvalue weighted by Gasteiger charge is -2.05. The quantitative estimate of drug-likeness (QED) is 0.185. The Morgan fingerprint density at radius 1 is 1.20 bits per heavy atom. The molecule has 0 radical (unpaired) electrons. The van der Waals surface area contributed by atoms with Crippen LogP contribution in [0.2, 0.25) is 0 Å². The minimum absolute atomic E-state index is 0.00792. The molecule has 0 aliphatic heterocycles. The van der Waals surface area contributed by atoms with Crippen molar-refractivity contribution in [2.24, 2.45) is 0 Å². The number of hydrogen-bond acceptors (Lipinski definition) is 3. The van der Waals surface area contributed by atoms with Crippen LogP contribution in [0.5, 0.6) is 5.75 Å². The third kappa shape index (κ3) is 5.13. The molecule has 4 heteroatoms. The van der Waals surface area contributed by atoms with E-state index >= 15 is 0 Å². The fourth-order valence-electron chi connectivity index (χ4n) is 1.40. The number of hydrogen-bond donors (Lipinski definition) is 0. The van der Waals surface area contributed by atoms with Gasteiger partial charge in [0.2, 0.25) is 3.79 Å². The smallest absolute Gasteiger partial charge is 0.222 e. The Bertz CT molecular complexity index is 580. The van der Waals surface area contributed by atoms with E-state index in [1.807, 2.05) is 0 Å². The average molecular weight is 382 g/mol. The highest BCUT2D eigenvalue weighted by Gasteiger charge is 2.02. The molecule has 0 spiro atoms. The second-order valence-corrected chi connectivity index (χ2v) is 4.98. The number of benzene rings is 1. The highest BCUT2D eigenvalue weighted by atomic mass is 127. The van der Waals surface area contributed by atoms with Crippen molar-refractivity contribution in [1.82, 2.24) is 0 Å². The summed E-state index contributed by atoms with van der Waals surface area (Å²) in [6, 6.07) is 6.80. The maximum absolute atomic E-state index is 11.2. The van der Waals surface area contributed by atoms with Crippen LogP contribution in [0.1, 0.15) is 24.2 Å². The van der Waals surface area contributed by atoms with Crippen LogP contribution in [0.3, 0.4) is 0 Å². The van der Waals surface area contributed by atoms with Crippen LogP contribution in [0.4, 0.5) is 0 Å². The summed E-state index contributed by atoms with van der Waals surface area (Å²) in [4.78, 5) is 22.4. The Morgan fingerprint density at radius 3 is 2.25 bits per heavy atom. The van der Waals surface area contributed by atoms with Gasteiger partial charge in [0.25, 0.3) is 0 Å². The normalized spacial score (nSPS) is 11.4. The molecule has 104 valence electrons. The standard InChI is InChI=1S/C16H15IO3/c1-4-13(16(17)19)6-5-11(2)20-15-9-7-14(8-10-15)12(3)18/h4-10H,2H2,1,3H3/b6-5-,13-4+. The van der Waals surface area contributed by atoms with Gasteiger partial charge in [-0.3, -0.25) is 9.59 Å². The van der Waals surface area contributed by atoms with Crippen molar-refractivity contribution in [3.05, 3.63) is 66.0 Å². The number of rotatable bonds is 6. The maximum atomic E-state index is 11.2. The van der Waals surface area contributed by atoms with Crippen molar-refractivity contribution in [3.63, 3.8) is 0 Å². The number of halogens is 1. The summed E-state index contributed by atoms with van der Waals surface area (Å²) in [6.07, 6.45) is 5.01. The lowest BCUT2D eigenvalue weighted by Crippen LogP contribution is -1.94. The molecule has 0 bridgehead atoms. The van der Waals surface area contributed by atoms with E-state index in [1.165, 1.54) is 6.92 Å². The zero-order chi connectivity index (χ0) is 15.1. The monoisotopic (exact) mass is 382 g/mol. The van der Waals surface area contributed by atoms with Gasteiger partial charge in [-0.1, -0.05) is 12.7 Å². The number of ether oxygens (including phenoxy) is 1. The zero-order valence-electron chi connectivity index (χ0n) is 11.4. The lowest BCUT2D eigenvalue weighted by atomic mass is 10.1. The van der Waals surface area contributed by atoms with Crippen LogP contribution < -0.4 is 4.74 Å². The molecule has 20 heavy (non-hydrogen) atoms. The van der Waals surface area contributed by atoms with Gasteiger partial charge >= 0.3 is 0 Å². The van der Waals surface area contributed by atoms with E-state index in [0.29, 0.717) is 22.6 Å². The van der Waals surface area contributed by atoms with Gasteiger partial charge in [0.05, 0.1) is 0 Å². The highest BCUT2D eigenvalue weighted by molar-refractivity contribution is 14.1. The molecule has 0 N–H and O–H groups in total. The topological polar surface area (TPSA) is 43.4 Å². The third-order valence-corrected chi connectivity index (χ3v) is 3.12. The fraction of sp³-hybridized carbons (Fsp3) is 0.125. The van der Waals surface area contributed by atoms with Gasteiger partial charge in [-0.05, 0) is 50.3 Å². The number of allylic oxidation sites excluding steroid dienone is 4. The van der Waals surface area contributed by atoms with Gasteiger partial charge in [-0.2, -0.15) is 0 Å². The minimum Gasteiger partial charge on any atom is -0.458 e. The second-order valence-electron chi connectivity index (χ2n) is 4.00. The molecule has 1 rings (SSSR count). The van der Waals surface area contributed by atoms with E-state index < -0.39 is 0 Å². The maximum Gasteiger partial charge on any atom is 0.222 e. The molecule has 0 aromatic heterocycles. The van der Waals surface area contributed by atoms with Gasteiger partial charge in [0, 0.05) is 33.7 Å². The number of Topliss-reactive ketones (excluding diaryl/α,β-unsaturated/α-hetero) is 1. The Hall–Kier alpha value is -1.69. The van der Waals surface area contributed by atoms with Gasteiger partial charge in [0.1, 0.15) is 11.5 Å². The lowest BCUT2D eigenvalue weighted by molar-refractivity contribution is -0.106. The minimum atomic E-state index is -0.0417. The van der Waals surface area contributed by atoms with Crippen LogP contribution in [-0.4, -0.2) is 9.57 Å². The summed E-state index contributed by atoms with van der Waals surface area (Å²) in [5, 5.41) is 0. The van der Waals surface area contributed by atoms with E-state index in [0.717, 1.165) is 0 Å². The summed E-state index contributed by atoms with van der Waals surface area (Å²) in [5.74, 6) is 1.01. The third-order valence-electron chi connectivity index (χ3n) is 2.50. The summed E-state index contributed by atoms with van der Waals surface area (Å²) >= 11 is 1.72. The molecule has 0 saturated heterocycles. The molecule has 1 aromatic rings. The molecule has 0 fully saturated rings. The Labute approximate surface area is 132 Å².